The fraction of sp³-hybridized carbons (Fsp3) is 0.462. The van der Waals surface area contributed by atoms with Crippen LogP contribution in [0.15, 0.2) is 30.3 Å². The van der Waals surface area contributed by atoms with E-state index in [2.05, 4.69) is 10.2 Å². The average molecular weight is 250 g/mol. The van der Waals surface area contributed by atoms with E-state index in [4.69, 9.17) is 10.6 Å². The summed E-state index contributed by atoms with van der Waals surface area (Å²) in [5, 5.41) is 3.08. The molecule has 5 heteroatoms. The number of rotatable bonds is 4. The van der Waals surface area contributed by atoms with E-state index in [1.807, 2.05) is 30.3 Å². The molecule has 1 saturated heterocycles. The smallest absolute Gasteiger partial charge is 0.341 e. The molecule has 1 unspecified atom stereocenters. The van der Waals surface area contributed by atoms with Crippen molar-refractivity contribution >= 4 is 5.97 Å². The number of piperidine rings is 1. The van der Waals surface area contributed by atoms with Crippen molar-refractivity contribution in [3.63, 3.8) is 0 Å². The Bertz CT molecular complexity index is 375. The van der Waals surface area contributed by atoms with Gasteiger partial charge in [-0.25, -0.2) is 4.79 Å². The van der Waals surface area contributed by atoms with E-state index in [1.165, 1.54) is 0 Å². The Kier molecular flexibility index (Phi) is 4.69. The zero-order valence-corrected chi connectivity index (χ0v) is 10.2. The lowest BCUT2D eigenvalue weighted by Gasteiger charge is -2.28. The predicted octanol–water partition coefficient (Wildman–Crippen LogP) is 0.741. The highest BCUT2D eigenvalue weighted by Gasteiger charge is 2.26. The monoisotopic (exact) mass is 250 g/mol. The summed E-state index contributed by atoms with van der Waals surface area (Å²) >= 11 is 0. The molecular formula is C13H18N2O3. The van der Waals surface area contributed by atoms with Crippen LogP contribution in [0.3, 0.4) is 0 Å². The van der Waals surface area contributed by atoms with Gasteiger partial charge in [-0.2, -0.15) is 5.90 Å². The van der Waals surface area contributed by atoms with Gasteiger partial charge in [0.25, 0.3) is 0 Å². The number of ether oxygens (including phenoxy) is 1. The molecule has 1 fully saturated rings. The summed E-state index contributed by atoms with van der Waals surface area (Å²) in [6.45, 7) is 1.24. The van der Waals surface area contributed by atoms with E-state index in [-0.39, 0.29) is 12.1 Å². The van der Waals surface area contributed by atoms with Crippen molar-refractivity contribution in [2.24, 2.45) is 5.90 Å². The highest BCUT2D eigenvalue weighted by Crippen LogP contribution is 2.14. The van der Waals surface area contributed by atoms with Crippen LogP contribution in [-0.4, -0.2) is 24.7 Å². The van der Waals surface area contributed by atoms with Crippen LogP contribution in [0.1, 0.15) is 18.4 Å². The number of carbonyl (C=O) groups is 1. The van der Waals surface area contributed by atoms with Crippen LogP contribution in [0.25, 0.3) is 0 Å². The number of nitrogens with two attached hydrogens (primary N) is 1. The highest BCUT2D eigenvalue weighted by molar-refractivity contribution is 5.75. The second-order valence-corrected chi connectivity index (χ2v) is 4.39. The standard InChI is InChI=1S/C13H18N2O3/c14-18-13(16)12-7-6-11(8-15-12)17-9-10-4-2-1-3-5-10/h1-5,11-12,15H,6-9,14H2/t11?,12-/m0/s1. The topological polar surface area (TPSA) is 73.6 Å². The summed E-state index contributed by atoms with van der Waals surface area (Å²) in [4.78, 5) is 15.4. The number of hydrogen-bond acceptors (Lipinski definition) is 5. The number of carbonyl (C=O) groups excluding carboxylic acids is 1. The molecule has 1 aromatic rings. The fourth-order valence-corrected chi connectivity index (χ4v) is 2.04. The van der Waals surface area contributed by atoms with Gasteiger partial charge < -0.3 is 14.9 Å². The SMILES string of the molecule is NOC(=O)[C@@H]1CCC(OCc2ccccc2)CN1. The molecule has 0 aromatic heterocycles. The summed E-state index contributed by atoms with van der Waals surface area (Å²) in [5.74, 6) is 4.45. The molecule has 2 atom stereocenters. The number of nitrogens with one attached hydrogen (secondary N) is 1. The molecule has 2 rings (SSSR count). The zero-order chi connectivity index (χ0) is 12.8. The first-order chi connectivity index (χ1) is 8.79. The minimum Gasteiger partial charge on any atom is -0.372 e. The van der Waals surface area contributed by atoms with Gasteiger partial charge in [0.05, 0.1) is 12.7 Å². The molecule has 0 amide bonds. The lowest BCUT2D eigenvalue weighted by atomic mass is 10.0. The van der Waals surface area contributed by atoms with Gasteiger partial charge in [0.15, 0.2) is 0 Å². The van der Waals surface area contributed by atoms with Gasteiger partial charge in [-0.15, -0.1) is 0 Å². The normalized spacial score (nSPS) is 23.6. The average Bonchev–Trinajstić information content (AvgIpc) is 2.46. The van der Waals surface area contributed by atoms with E-state index in [0.717, 1.165) is 12.0 Å². The van der Waals surface area contributed by atoms with Crippen molar-refractivity contribution in [3.05, 3.63) is 35.9 Å². The molecule has 1 heterocycles. The molecule has 98 valence electrons. The van der Waals surface area contributed by atoms with Gasteiger partial charge >= 0.3 is 5.97 Å². The summed E-state index contributed by atoms with van der Waals surface area (Å²) in [6.07, 6.45) is 1.65. The van der Waals surface area contributed by atoms with Gasteiger partial charge in [-0.1, -0.05) is 30.3 Å². The van der Waals surface area contributed by atoms with Crippen LogP contribution in [0, 0.1) is 0 Å². The van der Waals surface area contributed by atoms with Gasteiger partial charge in [0, 0.05) is 6.54 Å². The maximum atomic E-state index is 11.2. The Morgan fingerprint density at radius 2 is 2.11 bits per heavy atom. The fourth-order valence-electron chi connectivity index (χ4n) is 2.04. The van der Waals surface area contributed by atoms with Crippen molar-refractivity contribution < 1.29 is 14.4 Å². The Labute approximate surface area is 106 Å². The first-order valence-corrected chi connectivity index (χ1v) is 6.09. The minimum atomic E-state index is -0.406. The Morgan fingerprint density at radius 1 is 1.33 bits per heavy atom. The highest BCUT2D eigenvalue weighted by atomic mass is 16.7. The van der Waals surface area contributed by atoms with E-state index < -0.39 is 5.97 Å². The molecule has 0 bridgehead atoms. The third-order valence-corrected chi connectivity index (χ3v) is 3.10. The van der Waals surface area contributed by atoms with Crippen molar-refractivity contribution in [2.75, 3.05) is 6.54 Å². The first kappa shape index (κ1) is 13.0. The van der Waals surface area contributed by atoms with E-state index in [9.17, 15) is 4.79 Å². The van der Waals surface area contributed by atoms with Crippen LogP contribution in [0.5, 0.6) is 0 Å². The number of benzene rings is 1. The molecule has 18 heavy (non-hydrogen) atoms. The van der Waals surface area contributed by atoms with Crippen molar-refractivity contribution in [2.45, 2.75) is 31.6 Å². The molecule has 1 aromatic carbocycles. The van der Waals surface area contributed by atoms with Crippen LogP contribution in [0.4, 0.5) is 0 Å². The molecule has 0 radical (unpaired) electrons. The van der Waals surface area contributed by atoms with E-state index >= 15 is 0 Å². The van der Waals surface area contributed by atoms with Gasteiger partial charge in [0.2, 0.25) is 0 Å². The van der Waals surface area contributed by atoms with Crippen molar-refractivity contribution in [3.8, 4) is 0 Å². The van der Waals surface area contributed by atoms with Crippen LogP contribution in [-0.2, 0) is 21.0 Å². The molecule has 0 aliphatic carbocycles. The van der Waals surface area contributed by atoms with Crippen molar-refractivity contribution in [1.82, 2.24) is 5.32 Å². The van der Waals surface area contributed by atoms with Crippen molar-refractivity contribution in [1.29, 1.82) is 0 Å². The second-order valence-electron chi connectivity index (χ2n) is 4.39. The zero-order valence-electron chi connectivity index (χ0n) is 10.2. The Balaban J connectivity index is 1.72. The molecule has 3 N–H and O–H groups in total. The molecule has 0 saturated carbocycles. The molecule has 1 aliphatic rings. The summed E-state index contributed by atoms with van der Waals surface area (Å²) < 4.78 is 5.78. The quantitative estimate of drug-likeness (QED) is 0.771. The molecule has 0 spiro atoms. The lowest BCUT2D eigenvalue weighted by molar-refractivity contribution is -0.148. The summed E-state index contributed by atoms with van der Waals surface area (Å²) in [7, 11) is 0. The maximum absolute atomic E-state index is 11.2. The predicted molar refractivity (Wildman–Crippen MR) is 66.3 cm³/mol. The lowest BCUT2D eigenvalue weighted by Crippen LogP contribution is -2.47. The first-order valence-electron chi connectivity index (χ1n) is 6.09. The molecule has 5 nitrogen and oxygen atoms in total. The Hall–Kier alpha value is -1.43. The summed E-state index contributed by atoms with van der Waals surface area (Å²) in [5.41, 5.74) is 1.15. The van der Waals surface area contributed by atoms with Gasteiger partial charge in [0.1, 0.15) is 6.04 Å². The summed E-state index contributed by atoms with van der Waals surface area (Å²) in [6, 6.07) is 9.73. The van der Waals surface area contributed by atoms with E-state index in [0.29, 0.717) is 19.6 Å². The van der Waals surface area contributed by atoms with E-state index in [1.54, 1.807) is 0 Å². The van der Waals surface area contributed by atoms with Crippen LogP contribution in [0.2, 0.25) is 0 Å². The second kappa shape index (κ2) is 6.49. The third-order valence-electron chi connectivity index (χ3n) is 3.10. The van der Waals surface area contributed by atoms with Gasteiger partial charge in [-0.05, 0) is 18.4 Å². The Morgan fingerprint density at radius 3 is 2.72 bits per heavy atom. The maximum Gasteiger partial charge on any atom is 0.341 e. The van der Waals surface area contributed by atoms with Crippen LogP contribution >= 0.6 is 0 Å². The largest absolute Gasteiger partial charge is 0.372 e. The molecular weight excluding hydrogens is 232 g/mol. The molecule has 1 aliphatic heterocycles. The number of hydrogen-bond donors (Lipinski definition) is 2. The van der Waals surface area contributed by atoms with Crippen LogP contribution < -0.4 is 11.2 Å². The minimum absolute atomic E-state index is 0.132. The van der Waals surface area contributed by atoms with Gasteiger partial charge in [-0.3, -0.25) is 0 Å². The third kappa shape index (κ3) is 3.53.